The summed E-state index contributed by atoms with van der Waals surface area (Å²) in [5, 5.41) is 18.8. The molecular weight excluding hydrogens is 444 g/mol. The fourth-order valence-electron chi connectivity index (χ4n) is 3.13. The predicted molar refractivity (Wildman–Crippen MR) is 98.5 cm³/mol. The van der Waals surface area contributed by atoms with Gasteiger partial charge >= 0.3 is 18.4 Å². The first kappa shape index (κ1) is 23.1. The molecule has 0 saturated carbocycles. The number of rotatable bonds is 5. The molecule has 12 heteroatoms. The predicted octanol–water partition coefficient (Wildman–Crippen LogP) is 5.63. The Morgan fingerprint density at radius 2 is 1.78 bits per heavy atom. The second-order valence-corrected chi connectivity index (χ2v) is 6.80. The van der Waals surface area contributed by atoms with Crippen LogP contribution >= 0.6 is 0 Å². The minimum atomic E-state index is -5.05. The molecule has 1 atom stereocenters. The summed E-state index contributed by atoms with van der Waals surface area (Å²) in [5.41, 5.74) is -3.15. The van der Waals surface area contributed by atoms with Crippen LogP contribution in [-0.4, -0.2) is 21.4 Å². The van der Waals surface area contributed by atoms with E-state index in [-0.39, 0.29) is 35.4 Å². The zero-order valence-corrected chi connectivity index (χ0v) is 16.3. The van der Waals surface area contributed by atoms with Gasteiger partial charge < -0.3 is 14.8 Å². The van der Waals surface area contributed by atoms with Gasteiger partial charge in [-0.1, -0.05) is 24.3 Å². The van der Waals surface area contributed by atoms with E-state index in [4.69, 9.17) is 9.52 Å². The van der Waals surface area contributed by atoms with E-state index in [1.807, 2.05) is 0 Å². The number of amides is 1. The standard InChI is InChI=1S/C20H15F6N3O3/c1-10-28-29-17(32-10)9-16(27-18(30)31)12-4-2-3-11(7-12)14-6-5-13(19(21,22)23)8-15(14)20(24,25)26/h2-8,16,27H,9H2,1H3,(H,30,31). The molecule has 1 unspecified atom stereocenters. The minimum absolute atomic E-state index is 0.0394. The number of benzene rings is 2. The van der Waals surface area contributed by atoms with Crippen molar-refractivity contribution >= 4 is 6.09 Å². The summed E-state index contributed by atoms with van der Waals surface area (Å²) >= 11 is 0. The lowest BCUT2D eigenvalue weighted by Gasteiger charge is -2.19. The van der Waals surface area contributed by atoms with Gasteiger partial charge in [-0.3, -0.25) is 0 Å². The van der Waals surface area contributed by atoms with Crippen LogP contribution in [0.15, 0.2) is 46.9 Å². The van der Waals surface area contributed by atoms with Gasteiger partial charge in [-0.15, -0.1) is 10.2 Å². The fraction of sp³-hybridized carbons (Fsp3) is 0.250. The van der Waals surface area contributed by atoms with Crippen LogP contribution in [0.3, 0.4) is 0 Å². The molecule has 2 aromatic carbocycles. The molecule has 32 heavy (non-hydrogen) atoms. The third-order valence-corrected chi connectivity index (χ3v) is 4.50. The monoisotopic (exact) mass is 459 g/mol. The van der Waals surface area contributed by atoms with Gasteiger partial charge in [-0.25, -0.2) is 4.79 Å². The van der Waals surface area contributed by atoms with Gasteiger partial charge in [0.15, 0.2) is 0 Å². The van der Waals surface area contributed by atoms with E-state index < -0.39 is 41.2 Å². The number of aryl methyl sites for hydroxylation is 1. The van der Waals surface area contributed by atoms with Gasteiger partial charge in [0.2, 0.25) is 11.8 Å². The Morgan fingerprint density at radius 1 is 1.06 bits per heavy atom. The van der Waals surface area contributed by atoms with E-state index in [1.54, 1.807) is 0 Å². The number of aromatic nitrogens is 2. The van der Waals surface area contributed by atoms with E-state index >= 15 is 0 Å². The molecule has 0 fully saturated rings. The molecule has 0 bridgehead atoms. The van der Waals surface area contributed by atoms with Crippen LogP contribution in [0.1, 0.15) is 34.5 Å². The van der Waals surface area contributed by atoms with Gasteiger partial charge in [0.1, 0.15) is 0 Å². The first-order valence-corrected chi connectivity index (χ1v) is 9.02. The zero-order chi connectivity index (χ0) is 23.7. The third kappa shape index (κ3) is 5.37. The Labute approximate surface area is 176 Å². The van der Waals surface area contributed by atoms with Crippen molar-refractivity contribution in [1.82, 2.24) is 15.5 Å². The molecule has 3 rings (SSSR count). The summed E-state index contributed by atoms with van der Waals surface area (Å²) in [4.78, 5) is 11.2. The van der Waals surface area contributed by atoms with Gasteiger partial charge in [0, 0.05) is 6.92 Å². The molecule has 3 aromatic rings. The average Bonchev–Trinajstić information content (AvgIpc) is 3.10. The number of hydrogen-bond donors (Lipinski definition) is 2. The molecular formula is C20H15F6N3O3. The smallest absolute Gasteiger partial charge is 0.417 e. The van der Waals surface area contributed by atoms with E-state index in [0.717, 1.165) is 6.07 Å². The maximum Gasteiger partial charge on any atom is 0.417 e. The maximum atomic E-state index is 13.5. The highest BCUT2D eigenvalue weighted by atomic mass is 19.4. The lowest BCUT2D eigenvalue weighted by Crippen LogP contribution is -2.28. The SMILES string of the molecule is Cc1nnc(CC(NC(=O)O)c2cccc(-c3ccc(C(F)(F)F)cc3C(F)(F)F)c2)o1. The molecule has 1 amide bonds. The van der Waals surface area contributed by atoms with E-state index in [0.29, 0.717) is 6.07 Å². The summed E-state index contributed by atoms with van der Waals surface area (Å²) in [6, 6.07) is 5.78. The second kappa shape index (κ2) is 8.52. The topological polar surface area (TPSA) is 88.2 Å². The Bertz CT molecular complexity index is 1120. The Morgan fingerprint density at radius 3 is 2.34 bits per heavy atom. The van der Waals surface area contributed by atoms with Crippen molar-refractivity contribution in [3.8, 4) is 11.1 Å². The van der Waals surface area contributed by atoms with Crippen molar-refractivity contribution < 1.29 is 40.7 Å². The number of carboxylic acid groups (broad SMARTS) is 1. The average molecular weight is 459 g/mol. The van der Waals surface area contributed by atoms with Crippen molar-refractivity contribution in [2.24, 2.45) is 0 Å². The summed E-state index contributed by atoms with van der Waals surface area (Å²) in [5.74, 6) is 0.333. The third-order valence-electron chi connectivity index (χ3n) is 4.50. The normalized spacial score (nSPS) is 13.1. The summed E-state index contributed by atoms with van der Waals surface area (Å²) in [6.45, 7) is 1.53. The molecule has 0 spiro atoms. The van der Waals surface area contributed by atoms with E-state index in [2.05, 4.69) is 15.5 Å². The Kier molecular flexibility index (Phi) is 6.15. The van der Waals surface area contributed by atoms with Crippen molar-refractivity contribution in [3.05, 3.63) is 70.9 Å². The molecule has 0 saturated heterocycles. The number of nitrogens with zero attached hydrogens (tertiary/aromatic N) is 2. The van der Waals surface area contributed by atoms with Crippen molar-refractivity contribution in [3.63, 3.8) is 0 Å². The largest absolute Gasteiger partial charge is 0.465 e. The quantitative estimate of drug-likeness (QED) is 0.483. The van der Waals surface area contributed by atoms with E-state index in [1.165, 1.54) is 31.2 Å². The molecule has 170 valence electrons. The first-order valence-electron chi connectivity index (χ1n) is 9.02. The molecule has 1 heterocycles. The maximum absolute atomic E-state index is 13.5. The summed E-state index contributed by atoms with van der Waals surface area (Å²) in [7, 11) is 0. The van der Waals surface area contributed by atoms with Crippen LogP contribution in [0.4, 0.5) is 31.1 Å². The van der Waals surface area contributed by atoms with Crippen LogP contribution in [0.2, 0.25) is 0 Å². The van der Waals surface area contributed by atoms with Crippen LogP contribution in [0.5, 0.6) is 0 Å². The zero-order valence-electron chi connectivity index (χ0n) is 16.3. The summed E-state index contributed by atoms with van der Waals surface area (Å²) < 4.78 is 84.7. The lowest BCUT2D eigenvalue weighted by atomic mass is 9.93. The Balaban J connectivity index is 2.06. The molecule has 2 N–H and O–H groups in total. The van der Waals surface area contributed by atoms with Crippen molar-refractivity contribution in [2.45, 2.75) is 31.7 Å². The summed E-state index contributed by atoms with van der Waals surface area (Å²) in [6.07, 6.45) is -11.5. The number of carbonyl (C=O) groups is 1. The van der Waals surface area contributed by atoms with E-state index in [9.17, 15) is 31.1 Å². The highest BCUT2D eigenvalue weighted by Gasteiger charge is 2.38. The van der Waals surface area contributed by atoms with Gasteiger partial charge in [0.05, 0.1) is 23.6 Å². The molecule has 0 aliphatic carbocycles. The number of halogens is 6. The molecule has 0 radical (unpaired) electrons. The van der Waals surface area contributed by atoms with Crippen LogP contribution < -0.4 is 5.32 Å². The van der Waals surface area contributed by atoms with Crippen molar-refractivity contribution in [1.29, 1.82) is 0 Å². The molecule has 0 aliphatic rings. The molecule has 1 aromatic heterocycles. The number of nitrogens with one attached hydrogen (secondary N) is 1. The number of alkyl halides is 6. The Hall–Kier alpha value is -3.57. The van der Waals surface area contributed by atoms with Crippen LogP contribution in [0.25, 0.3) is 11.1 Å². The molecule has 6 nitrogen and oxygen atoms in total. The van der Waals surface area contributed by atoms with Crippen LogP contribution in [0, 0.1) is 6.92 Å². The minimum Gasteiger partial charge on any atom is -0.465 e. The van der Waals surface area contributed by atoms with Crippen molar-refractivity contribution in [2.75, 3.05) is 0 Å². The highest BCUT2D eigenvalue weighted by Crippen LogP contribution is 2.41. The van der Waals surface area contributed by atoms with Gasteiger partial charge in [-0.05, 0) is 34.9 Å². The second-order valence-electron chi connectivity index (χ2n) is 6.80. The van der Waals surface area contributed by atoms with Gasteiger partial charge in [-0.2, -0.15) is 26.3 Å². The lowest BCUT2D eigenvalue weighted by molar-refractivity contribution is -0.142. The molecule has 0 aliphatic heterocycles. The first-order chi connectivity index (χ1) is 14.8. The van der Waals surface area contributed by atoms with Crippen LogP contribution in [-0.2, 0) is 18.8 Å². The van der Waals surface area contributed by atoms with Gasteiger partial charge in [0.25, 0.3) is 0 Å². The number of hydrogen-bond acceptors (Lipinski definition) is 4. The fourth-order valence-corrected chi connectivity index (χ4v) is 3.13. The highest BCUT2D eigenvalue weighted by molar-refractivity contribution is 5.70.